The zero-order valence-electron chi connectivity index (χ0n) is 19.1. The van der Waals surface area contributed by atoms with Crippen molar-refractivity contribution in [3.8, 4) is 0 Å². The minimum atomic E-state index is -2.56. The van der Waals surface area contributed by atoms with Gasteiger partial charge in [-0.3, -0.25) is 0 Å². The second-order valence-corrected chi connectivity index (χ2v) is 15.7. The van der Waals surface area contributed by atoms with Gasteiger partial charge in [0, 0.05) is 34.2 Å². The molecule has 2 N–H and O–H groups in total. The van der Waals surface area contributed by atoms with Crippen molar-refractivity contribution in [2.45, 2.75) is 51.4 Å². The number of piperidine rings is 1. The molecular formula is C22H30F2N4O4Si. The summed E-state index contributed by atoms with van der Waals surface area (Å²) in [5.41, 5.74) is 1.69. The second-order valence-electron chi connectivity index (χ2n) is 10.1. The number of carboxylic acid groups (broad SMARTS) is 1. The number of halogens is 2. The topological polar surface area (TPSA) is 101 Å². The van der Waals surface area contributed by atoms with Gasteiger partial charge in [-0.25, -0.2) is 23.2 Å². The number of carbonyl (C=O) groups is 1. The summed E-state index contributed by atoms with van der Waals surface area (Å²) in [5, 5.41) is 23.7. The first-order valence-corrected chi connectivity index (χ1v) is 14.8. The highest BCUT2D eigenvalue weighted by Gasteiger charge is 2.71. The maximum atomic E-state index is 13.5. The zero-order chi connectivity index (χ0) is 24.0. The standard InChI is InChI=1S/C22H30F2N4O4Si/c1-33(2,3)7-6-32-13-28-19(21(30)31)9-15(26-28)8-14-4-5-20(25-18(14)12-29)27-10-16-17(11-27)22(16,23)24/h4-5,9,16-17,29H,6-8,10-13H2,1-3H3,(H,30,31). The first kappa shape index (κ1) is 23.8. The van der Waals surface area contributed by atoms with E-state index in [1.165, 1.54) is 10.7 Å². The zero-order valence-corrected chi connectivity index (χ0v) is 20.1. The molecule has 0 radical (unpaired) electrons. The van der Waals surface area contributed by atoms with Gasteiger partial charge in [-0.05, 0) is 23.7 Å². The fourth-order valence-electron chi connectivity index (χ4n) is 4.24. The van der Waals surface area contributed by atoms with Gasteiger partial charge in [0.25, 0.3) is 5.92 Å². The number of aliphatic hydroxyl groups excluding tert-OH is 1. The smallest absolute Gasteiger partial charge is 0.354 e. The Hall–Kier alpha value is -2.37. The number of pyridine rings is 1. The number of hydrogen-bond acceptors (Lipinski definition) is 6. The molecule has 8 nitrogen and oxygen atoms in total. The Labute approximate surface area is 192 Å². The molecule has 0 spiro atoms. The van der Waals surface area contributed by atoms with E-state index in [0.717, 1.165) is 6.04 Å². The van der Waals surface area contributed by atoms with Crippen LogP contribution in [0.25, 0.3) is 0 Å². The van der Waals surface area contributed by atoms with Gasteiger partial charge in [-0.15, -0.1) is 0 Å². The molecule has 0 bridgehead atoms. The molecule has 1 saturated heterocycles. The summed E-state index contributed by atoms with van der Waals surface area (Å²) >= 11 is 0. The van der Waals surface area contributed by atoms with Crippen molar-refractivity contribution < 1.29 is 28.5 Å². The summed E-state index contributed by atoms with van der Waals surface area (Å²) in [7, 11) is -1.25. The Morgan fingerprint density at radius 3 is 2.58 bits per heavy atom. The minimum Gasteiger partial charge on any atom is -0.477 e. The molecule has 2 aromatic rings. The molecule has 3 heterocycles. The summed E-state index contributed by atoms with van der Waals surface area (Å²) in [5.74, 6) is -4.30. The highest BCUT2D eigenvalue weighted by Crippen LogP contribution is 2.59. The molecule has 4 rings (SSSR count). The average molecular weight is 481 g/mol. The Bertz CT molecular complexity index is 1030. The molecule has 2 fully saturated rings. The van der Waals surface area contributed by atoms with Crippen LogP contribution >= 0.6 is 0 Å². The highest BCUT2D eigenvalue weighted by atomic mass is 28.3. The number of aliphatic hydroxyl groups is 1. The van der Waals surface area contributed by atoms with Crippen LogP contribution in [0.1, 0.15) is 27.4 Å². The molecule has 33 heavy (non-hydrogen) atoms. The number of carboxylic acids is 1. The monoisotopic (exact) mass is 480 g/mol. The summed E-state index contributed by atoms with van der Waals surface area (Å²) in [6, 6.07) is 6.01. The molecule has 1 saturated carbocycles. The van der Waals surface area contributed by atoms with Crippen LogP contribution in [0.2, 0.25) is 25.7 Å². The average Bonchev–Trinajstić information content (AvgIpc) is 3.15. The van der Waals surface area contributed by atoms with Crippen molar-refractivity contribution in [1.82, 2.24) is 14.8 Å². The van der Waals surface area contributed by atoms with Crippen molar-refractivity contribution in [2.24, 2.45) is 11.8 Å². The summed E-state index contributed by atoms with van der Waals surface area (Å²) in [4.78, 5) is 18.0. The van der Waals surface area contributed by atoms with E-state index in [2.05, 4.69) is 29.7 Å². The molecule has 2 aromatic heterocycles. The van der Waals surface area contributed by atoms with Crippen molar-refractivity contribution in [2.75, 3.05) is 24.6 Å². The van der Waals surface area contributed by atoms with Crippen LogP contribution in [0.4, 0.5) is 14.6 Å². The lowest BCUT2D eigenvalue weighted by atomic mass is 10.1. The number of aromatic carboxylic acids is 1. The normalized spacial score (nSPS) is 21.3. The van der Waals surface area contributed by atoms with Crippen LogP contribution in [-0.4, -0.2) is 64.6 Å². The molecule has 1 aliphatic heterocycles. The lowest BCUT2D eigenvalue weighted by molar-refractivity contribution is 0.0590. The number of rotatable bonds is 10. The van der Waals surface area contributed by atoms with E-state index in [4.69, 9.17) is 4.74 Å². The maximum Gasteiger partial charge on any atom is 0.354 e. The fraction of sp³-hybridized carbons (Fsp3) is 0.591. The molecule has 0 amide bonds. The van der Waals surface area contributed by atoms with E-state index in [0.29, 0.717) is 29.4 Å². The molecule has 11 heteroatoms. The summed E-state index contributed by atoms with van der Waals surface area (Å²) in [6.45, 7) is 7.54. The van der Waals surface area contributed by atoms with Gasteiger partial charge in [0.05, 0.1) is 29.8 Å². The van der Waals surface area contributed by atoms with Crippen LogP contribution in [0.5, 0.6) is 0 Å². The molecule has 180 valence electrons. The van der Waals surface area contributed by atoms with E-state index in [9.17, 15) is 23.8 Å². The van der Waals surface area contributed by atoms with E-state index in [-0.39, 0.29) is 38.5 Å². The van der Waals surface area contributed by atoms with Gasteiger partial charge in [-0.1, -0.05) is 25.7 Å². The molecule has 2 atom stereocenters. The lowest BCUT2D eigenvalue weighted by Crippen LogP contribution is -2.28. The van der Waals surface area contributed by atoms with Gasteiger partial charge < -0.3 is 19.8 Å². The summed E-state index contributed by atoms with van der Waals surface area (Å²) in [6.07, 6.45) is 0.286. The van der Waals surface area contributed by atoms with E-state index in [1.807, 2.05) is 4.90 Å². The van der Waals surface area contributed by atoms with E-state index < -0.39 is 31.8 Å². The predicted octanol–water partition coefficient (Wildman–Crippen LogP) is 3.07. The number of fused-ring (bicyclic) bond motifs is 1. The third-order valence-electron chi connectivity index (χ3n) is 6.36. The number of hydrogen-bond donors (Lipinski definition) is 2. The van der Waals surface area contributed by atoms with Gasteiger partial charge in [0.15, 0.2) is 0 Å². The predicted molar refractivity (Wildman–Crippen MR) is 120 cm³/mol. The van der Waals surface area contributed by atoms with Crippen molar-refractivity contribution in [1.29, 1.82) is 0 Å². The van der Waals surface area contributed by atoms with Gasteiger partial charge in [-0.2, -0.15) is 5.10 Å². The van der Waals surface area contributed by atoms with Crippen molar-refractivity contribution >= 4 is 19.9 Å². The SMILES string of the molecule is C[Si](C)(C)CCOCn1nc(Cc2ccc(N3CC4C(C3)C4(F)F)nc2CO)cc1C(=O)O. The molecule has 2 aliphatic rings. The van der Waals surface area contributed by atoms with Crippen LogP contribution in [0.3, 0.4) is 0 Å². The van der Waals surface area contributed by atoms with Crippen LogP contribution in [-0.2, 0) is 24.5 Å². The quantitative estimate of drug-likeness (QED) is 0.398. The minimum absolute atomic E-state index is 0.0327. The number of aromatic nitrogens is 3. The highest BCUT2D eigenvalue weighted by molar-refractivity contribution is 6.76. The number of ether oxygens (including phenoxy) is 1. The maximum absolute atomic E-state index is 13.5. The number of anilines is 1. The van der Waals surface area contributed by atoms with Gasteiger partial charge in [0.2, 0.25) is 0 Å². The Morgan fingerprint density at radius 1 is 1.27 bits per heavy atom. The Kier molecular flexibility index (Phi) is 6.32. The largest absolute Gasteiger partial charge is 0.477 e. The van der Waals surface area contributed by atoms with Crippen molar-refractivity contribution in [3.63, 3.8) is 0 Å². The summed E-state index contributed by atoms with van der Waals surface area (Å²) < 4.78 is 33.9. The molecule has 1 aliphatic carbocycles. The van der Waals surface area contributed by atoms with Crippen LogP contribution in [0, 0.1) is 11.8 Å². The van der Waals surface area contributed by atoms with Gasteiger partial charge in [0.1, 0.15) is 18.2 Å². The molecule has 2 unspecified atom stereocenters. The number of nitrogens with zero attached hydrogens (tertiary/aromatic N) is 4. The third kappa shape index (κ3) is 5.09. The fourth-order valence-corrected chi connectivity index (χ4v) is 5.00. The van der Waals surface area contributed by atoms with E-state index >= 15 is 0 Å². The molecule has 0 aromatic carbocycles. The Morgan fingerprint density at radius 2 is 1.97 bits per heavy atom. The second kappa shape index (κ2) is 8.77. The first-order chi connectivity index (χ1) is 15.5. The van der Waals surface area contributed by atoms with Crippen molar-refractivity contribution in [3.05, 3.63) is 40.8 Å². The first-order valence-electron chi connectivity index (χ1n) is 11.1. The van der Waals surface area contributed by atoms with Crippen LogP contribution < -0.4 is 4.90 Å². The van der Waals surface area contributed by atoms with E-state index in [1.54, 1.807) is 12.1 Å². The Balaban J connectivity index is 1.44. The number of alkyl halides is 2. The van der Waals surface area contributed by atoms with Crippen LogP contribution in [0.15, 0.2) is 18.2 Å². The molecular weight excluding hydrogens is 450 g/mol. The third-order valence-corrected chi connectivity index (χ3v) is 8.06. The lowest BCUT2D eigenvalue weighted by Gasteiger charge is -2.22. The van der Waals surface area contributed by atoms with Gasteiger partial charge >= 0.3 is 5.97 Å².